The number of rotatable bonds is 4. The number of hydrogen-bond donors (Lipinski definition) is 0. The Labute approximate surface area is 99.4 Å². The molecule has 4 heteroatoms. The van der Waals surface area contributed by atoms with Crippen LogP contribution in [-0.4, -0.2) is 17.8 Å². The summed E-state index contributed by atoms with van der Waals surface area (Å²) in [5, 5.41) is -0.507. The van der Waals surface area contributed by atoms with E-state index in [-0.39, 0.29) is 5.97 Å². The Morgan fingerprint density at radius 3 is 2.50 bits per heavy atom. The fourth-order valence-electron chi connectivity index (χ4n) is 1.42. The van der Waals surface area contributed by atoms with Crippen LogP contribution in [0.2, 0.25) is 0 Å². The number of carbonyl (C=O) groups is 2. The fraction of sp³-hybridized carbons (Fsp3) is 0.333. The molecule has 0 atom stereocenters. The van der Waals surface area contributed by atoms with Gasteiger partial charge in [0.15, 0.2) is 0 Å². The summed E-state index contributed by atoms with van der Waals surface area (Å²) in [5.41, 5.74) is 1.64. The summed E-state index contributed by atoms with van der Waals surface area (Å²) in [6.07, 6.45) is 0.640. The van der Waals surface area contributed by atoms with Crippen LogP contribution in [0.5, 0.6) is 0 Å². The topological polar surface area (TPSA) is 43.4 Å². The van der Waals surface area contributed by atoms with Crippen molar-refractivity contribution in [2.75, 3.05) is 6.61 Å². The third-order valence-electron chi connectivity index (χ3n) is 2.21. The van der Waals surface area contributed by atoms with Crippen molar-refractivity contribution in [1.29, 1.82) is 0 Å². The predicted molar refractivity (Wildman–Crippen MR) is 62.0 cm³/mol. The maximum absolute atomic E-state index is 11.5. The molecule has 86 valence electrons. The average molecular weight is 241 g/mol. The summed E-state index contributed by atoms with van der Waals surface area (Å²) >= 11 is 5.43. The first-order chi connectivity index (χ1) is 7.60. The van der Waals surface area contributed by atoms with Crippen LogP contribution < -0.4 is 0 Å². The molecule has 1 aromatic carbocycles. The molecule has 0 aliphatic carbocycles. The first kappa shape index (κ1) is 12.7. The normalized spacial score (nSPS) is 9.94. The van der Waals surface area contributed by atoms with Gasteiger partial charge in [0.1, 0.15) is 0 Å². The van der Waals surface area contributed by atoms with E-state index in [2.05, 4.69) is 0 Å². The van der Waals surface area contributed by atoms with Gasteiger partial charge in [-0.25, -0.2) is 4.79 Å². The quantitative estimate of drug-likeness (QED) is 0.600. The minimum Gasteiger partial charge on any atom is -0.462 e. The summed E-state index contributed by atoms with van der Waals surface area (Å²) in [6, 6.07) is 4.75. The van der Waals surface area contributed by atoms with Crippen LogP contribution in [0.25, 0.3) is 0 Å². The summed E-state index contributed by atoms with van der Waals surface area (Å²) in [6.45, 7) is 3.97. The summed E-state index contributed by atoms with van der Waals surface area (Å²) in [5.74, 6) is -0.384. The van der Waals surface area contributed by atoms with Crippen molar-refractivity contribution >= 4 is 22.8 Å². The van der Waals surface area contributed by atoms with E-state index >= 15 is 0 Å². The molecule has 0 bridgehead atoms. The minimum atomic E-state index is -0.507. The van der Waals surface area contributed by atoms with Crippen LogP contribution in [0.15, 0.2) is 18.2 Å². The van der Waals surface area contributed by atoms with E-state index in [1.165, 1.54) is 0 Å². The molecule has 0 saturated carbocycles. The van der Waals surface area contributed by atoms with E-state index < -0.39 is 5.24 Å². The molecule has 0 aromatic heterocycles. The number of halogens is 1. The van der Waals surface area contributed by atoms with Gasteiger partial charge >= 0.3 is 5.97 Å². The third kappa shape index (κ3) is 2.83. The summed E-state index contributed by atoms with van der Waals surface area (Å²) in [4.78, 5) is 22.5. The van der Waals surface area contributed by atoms with E-state index in [0.29, 0.717) is 24.2 Å². The molecular weight excluding hydrogens is 228 g/mol. The van der Waals surface area contributed by atoms with Gasteiger partial charge in [-0.3, -0.25) is 4.79 Å². The summed E-state index contributed by atoms with van der Waals surface area (Å²) < 4.78 is 4.87. The van der Waals surface area contributed by atoms with Crippen LogP contribution >= 0.6 is 11.6 Å². The predicted octanol–water partition coefficient (Wildman–Crippen LogP) is 2.80. The van der Waals surface area contributed by atoms with Crippen molar-refractivity contribution in [2.24, 2.45) is 0 Å². The standard InChI is InChI=1S/C12H13ClO3/c1-3-8-7-9(12(15)16-4-2)5-6-10(8)11(13)14/h5-7H,3-4H2,1-2H3. The number of esters is 1. The molecule has 0 N–H and O–H groups in total. The first-order valence-corrected chi connectivity index (χ1v) is 5.47. The van der Waals surface area contributed by atoms with Gasteiger partial charge in [-0.15, -0.1) is 0 Å². The SMILES string of the molecule is CCOC(=O)c1ccc(C(=O)Cl)c(CC)c1. The molecule has 0 saturated heterocycles. The highest BCUT2D eigenvalue weighted by Crippen LogP contribution is 2.16. The second kappa shape index (κ2) is 5.66. The third-order valence-corrected chi connectivity index (χ3v) is 2.41. The van der Waals surface area contributed by atoms with Crippen molar-refractivity contribution in [2.45, 2.75) is 20.3 Å². The van der Waals surface area contributed by atoms with Crippen LogP contribution in [-0.2, 0) is 11.2 Å². The molecule has 0 radical (unpaired) electrons. The Hall–Kier alpha value is -1.35. The Kier molecular flexibility index (Phi) is 4.50. The van der Waals surface area contributed by atoms with E-state index in [9.17, 15) is 9.59 Å². The second-order valence-corrected chi connectivity index (χ2v) is 3.56. The number of aryl methyl sites for hydroxylation is 1. The van der Waals surface area contributed by atoms with Gasteiger partial charge in [-0.2, -0.15) is 0 Å². The Morgan fingerprint density at radius 1 is 1.31 bits per heavy atom. The molecule has 0 heterocycles. The number of hydrogen-bond acceptors (Lipinski definition) is 3. The molecular formula is C12H13ClO3. The van der Waals surface area contributed by atoms with Gasteiger partial charge in [-0.1, -0.05) is 6.92 Å². The smallest absolute Gasteiger partial charge is 0.338 e. The molecule has 0 fully saturated rings. The maximum atomic E-state index is 11.5. The average Bonchev–Trinajstić information content (AvgIpc) is 2.28. The summed E-state index contributed by atoms with van der Waals surface area (Å²) in [7, 11) is 0. The van der Waals surface area contributed by atoms with E-state index in [1.54, 1.807) is 25.1 Å². The van der Waals surface area contributed by atoms with E-state index in [4.69, 9.17) is 16.3 Å². The van der Waals surface area contributed by atoms with Gasteiger partial charge in [0.2, 0.25) is 0 Å². The van der Waals surface area contributed by atoms with Crippen molar-refractivity contribution < 1.29 is 14.3 Å². The lowest BCUT2D eigenvalue weighted by molar-refractivity contribution is 0.0526. The molecule has 3 nitrogen and oxygen atoms in total. The zero-order valence-corrected chi connectivity index (χ0v) is 10.0. The zero-order valence-electron chi connectivity index (χ0n) is 9.25. The van der Waals surface area contributed by atoms with E-state index in [0.717, 1.165) is 5.56 Å². The highest BCUT2D eigenvalue weighted by molar-refractivity contribution is 6.67. The fourth-order valence-corrected chi connectivity index (χ4v) is 1.60. The lowest BCUT2D eigenvalue weighted by atomic mass is 10.0. The molecule has 0 amide bonds. The van der Waals surface area contributed by atoms with Crippen molar-refractivity contribution in [3.05, 3.63) is 34.9 Å². The Bertz CT molecular complexity index is 413. The maximum Gasteiger partial charge on any atom is 0.338 e. The molecule has 16 heavy (non-hydrogen) atoms. The first-order valence-electron chi connectivity index (χ1n) is 5.10. The largest absolute Gasteiger partial charge is 0.462 e. The lowest BCUT2D eigenvalue weighted by Gasteiger charge is -2.06. The molecule has 0 unspecified atom stereocenters. The monoisotopic (exact) mass is 240 g/mol. The number of benzene rings is 1. The van der Waals surface area contributed by atoms with Gasteiger partial charge in [0.25, 0.3) is 5.24 Å². The highest BCUT2D eigenvalue weighted by atomic mass is 35.5. The van der Waals surface area contributed by atoms with Crippen molar-refractivity contribution in [3.63, 3.8) is 0 Å². The van der Waals surface area contributed by atoms with Gasteiger partial charge in [0.05, 0.1) is 12.2 Å². The Balaban J connectivity index is 3.08. The van der Waals surface area contributed by atoms with Crippen LogP contribution in [0.3, 0.4) is 0 Å². The van der Waals surface area contributed by atoms with Crippen LogP contribution in [0.1, 0.15) is 40.1 Å². The molecule has 0 aliphatic heterocycles. The molecule has 1 aromatic rings. The van der Waals surface area contributed by atoms with Crippen LogP contribution in [0, 0.1) is 0 Å². The molecule has 1 rings (SSSR count). The minimum absolute atomic E-state index is 0.330. The number of ether oxygens (including phenoxy) is 1. The van der Waals surface area contributed by atoms with Crippen LogP contribution in [0.4, 0.5) is 0 Å². The van der Waals surface area contributed by atoms with Crippen molar-refractivity contribution in [3.8, 4) is 0 Å². The molecule has 0 aliphatic rings. The Morgan fingerprint density at radius 2 is 2.00 bits per heavy atom. The van der Waals surface area contributed by atoms with Gasteiger partial charge in [-0.05, 0) is 48.7 Å². The number of carbonyl (C=O) groups excluding carboxylic acids is 2. The zero-order chi connectivity index (χ0) is 12.1. The van der Waals surface area contributed by atoms with Gasteiger partial charge in [0, 0.05) is 5.56 Å². The molecule has 0 spiro atoms. The lowest BCUT2D eigenvalue weighted by Crippen LogP contribution is -2.07. The highest BCUT2D eigenvalue weighted by Gasteiger charge is 2.12. The van der Waals surface area contributed by atoms with E-state index in [1.807, 2.05) is 6.92 Å². The van der Waals surface area contributed by atoms with Crippen molar-refractivity contribution in [1.82, 2.24) is 0 Å². The second-order valence-electron chi connectivity index (χ2n) is 3.22. The van der Waals surface area contributed by atoms with Gasteiger partial charge < -0.3 is 4.74 Å².